The van der Waals surface area contributed by atoms with Gasteiger partial charge in [-0.05, 0) is 12.1 Å². The van der Waals surface area contributed by atoms with Gasteiger partial charge in [-0.3, -0.25) is 4.79 Å². The molecule has 1 aromatic carbocycles. The first-order valence-electron chi connectivity index (χ1n) is 5.35. The number of carboxylic acid groups (broad SMARTS) is 1. The highest BCUT2D eigenvalue weighted by molar-refractivity contribution is 5.77. The SMILES string of the molecule is COc1cc(C(C)(F)F)cc(C(N)C(=O)O)c1OC. The van der Waals surface area contributed by atoms with Crippen LogP contribution in [0.15, 0.2) is 12.1 Å². The van der Waals surface area contributed by atoms with Crippen LogP contribution in [0.5, 0.6) is 11.5 Å². The molecule has 1 unspecified atom stereocenters. The molecule has 0 fully saturated rings. The average molecular weight is 275 g/mol. The molecule has 0 amide bonds. The Morgan fingerprint density at radius 2 is 1.95 bits per heavy atom. The van der Waals surface area contributed by atoms with Gasteiger partial charge in [0.05, 0.1) is 14.2 Å². The summed E-state index contributed by atoms with van der Waals surface area (Å²) in [4.78, 5) is 10.9. The molecule has 0 spiro atoms. The van der Waals surface area contributed by atoms with Crippen molar-refractivity contribution in [3.8, 4) is 11.5 Å². The number of halogens is 2. The smallest absolute Gasteiger partial charge is 0.325 e. The lowest BCUT2D eigenvalue weighted by atomic mass is 9.99. The third kappa shape index (κ3) is 3.11. The lowest BCUT2D eigenvalue weighted by Gasteiger charge is -2.19. The first-order valence-corrected chi connectivity index (χ1v) is 5.35. The molecule has 0 bridgehead atoms. The molecule has 0 saturated heterocycles. The van der Waals surface area contributed by atoms with Crippen LogP contribution in [-0.4, -0.2) is 25.3 Å². The Morgan fingerprint density at radius 1 is 1.37 bits per heavy atom. The molecule has 0 heterocycles. The Bertz CT molecular complexity index is 485. The minimum Gasteiger partial charge on any atom is -0.493 e. The van der Waals surface area contributed by atoms with Crippen molar-refractivity contribution in [2.75, 3.05) is 14.2 Å². The van der Waals surface area contributed by atoms with Gasteiger partial charge in [-0.15, -0.1) is 0 Å². The number of rotatable bonds is 5. The van der Waals surface area contributed by atoms with E-state index in [1.807, 2.05) is 0 Å². The number of carboxylic acids is 1. The molecular weight excluding hydrogens is 260 g/mol. The zero-order valence-electron chi connectivity index (χ0n) is 10.7. The van der Waals surface area contributed by atoms with Crippen molar-refractivity contribution in [3.05, 3.63) is 23.3 Å². The van der Waals surface area contributed by atoms with E-state index in [0.717, 1.165) is 12.1 Å². The van der Waals surface area contributed by atoms with E-state index in [2.05, 4.69) is 0 Å². The van der Waals surface area contributed by atoms with E-state index in [9.17, 15) is 13.6 Å². The van der Waals surface area contributed by atoms with Crippen LogP contribution in [0, 0.1) is 0 Å². The van der Waals surface area contributed by atoms with Gasteiger partial charge >= 0.3 is 5.97 Å². The number of carbonyl (C=O) groups is 1. The highest BCUT2D eigenvalue weighted by atomic mass is 19.3. The zero-order valence-corrected chi connectivity index (χ0v) is 10.7. The van der Waals surface area contributed by atoms with Crippen LogP contribution in [0.2, 0.25) is 0 Å². The summed E-state index contributed by atoms with van der Waals surface area (Å²) in [6, 6.07) is 0.628. The van der Waals surface area contributed by atoms with E-state index >= 15 is 0 Å². The van der Waals surface area contributed by atoms with Crippen LogP contribution in [0.3, 0.4) is 0 Å². The fraction of sp³-hybridized carbons (Fsp3) is 0.417. The van der Waals surface area contributed by atoms with Gasteiger partial charge in [0.2, 0.25) is 0 Å². The quantitative estimate of drug-likeness (QED) is 0.857. The standard InChI is InChI=1S/C12H15F2NO4/c1-12(13,14)6-4-7(9(15)11(16)17)10(19-3)8(5-6)18-2/h4-5,9H,15H2,1-3H3,(H,16,17). The van der Waals surface area contributed by atoms with E-state index in [1.54, 1.807) is 0 Å². The van der Waals surface area contributed by atoms with Crippen LogP contribution < -0.4 is 15.2 Å². The van der Waals surface area contributed by atoms with Crippen molar-refractivity contribution in [3.63, 3.8) is 0 Å². The van der Waals surface area contributed by atoms with Crippen LogP contribution in [0.4, 0.5) is 8.78 Å². The topological polar surface area (TPSA) is 81.8 Å². The fourth-order valence-electron chi connectivity index (χ4n) is 1.61. The summed E-state index contributed by atoms with van der Waals surface area (Å²) in [6.45, 7) is 0.699. The normalized spacial score (nSPS) is 12.9. The number of benzene rings is 1. The summed E-state index contributed by atoms with van der Waals surface area (Å²) >= 11 is 0. The number of alkyl halides is 2. The monoisotopic (exact) mass is 275 g/mol. The lowest BCUT2D eigenvalue weighted by Crippen LogP contribution is -2.22. The van der Waals surface area contributed by atoms with Crippen LogP contribution in [0.25, 0.3) is 0 Å². The van der Waals surface area contributed by atoms with Crippen LogP contribution in [0.1, 0.15) is 24.1 Å². The van der Waals surface area contributed by atoms with E-state index in [0.29, 0.717) is 6.92 Å². The lowest BCUT2D eigenvalue weighted by molar-refractivity contribution is -0.138. The molecule has 5 nitrogen and oxygen atoms in total. The van der Waals surface area contributed by atoms with Crippen LogP contribution in [-0.2, 0) is 10.7 Å². The maximum absolute atomic E-state index is 13.4. The molecule has 0 radical (unpaired) electrons. The second-order valence-electron chi connectivity index (χ2n) is 4.01. The summed E-state index contributed by atoms with van der Waals surface area (Å²) in [5.41, 5.74) is 5.01. The summed E-state index contributed by atoms with van der Waals surface area (Å²) in [5, 5.41) is 8.90. The Hall–Kier alpha value is -1.89. The Kier molecular flexibility index (Phi) is 4.31. The Morgan fingerprint density at radius 3 is 2.32 bits per heavy atom. The summed E-state index contributed by atoms with van der Waals surface area (Å²) in [7, 11) is 2.55. The maximum atomic E-state index is 13.4. The summed E-state index contributed by atoms with van der Waals surface area (Å²) in [6.07, 6.45) is 0. The number of ether oxygens (including phenoxy) is 2. The molecule has 0 aliphatic carbocycles. The molecule has 0 aromatic heterocycles. The number of aliphatic carboxylic acids is 1. The number of hydrogen-bond acceptors (Lipinski definition) is 4. The molecule has 19 heavy (non-hydrogen) atoms. The largest absolute Gasteiger partial charge is 0.493 e. The first-order chi connectivity index (χ1) is 8.72. The van der Waals surface area contributed by atoms with Gasteiger partial charge < -0.3 is 20.3 Å². The van der Waals surface area contributed by atoms with Gasteiger partial charge in [0.1, 0.15) is 6.04 Å². The predicted octanol–water partition coefficient (Wildman–Crippen LogP) is 1.90. The van der Waals surface area contributed by atoms with Crippen molar-refractivity contribution in [1.29, 1.82) is 0 Å². The predicted molar refractivity (Wildman–Crippen MR) is 63.7 cm³/mol. The molecule has 7 heteroatoms. The third-order valence-corrected chi connectivity index (χ3v) is 2.62. The van der Waals surface area contributed by atoms with Gasteiger partial charge in [-0.1, -0.05) is 0 Å². The molecule has 0 aliphatic heterocycles. The van der Waals surface area contributed by atoms with Crippen molar-refractivity contribution in [2.24, 2.45) is 5.73 Å². The van der Waals surface area contributed by atoms with Gasteiger partial charge in [0.15, 0.2) is 11.5 Å². The second kappa shape index (κ2) is 5.40. The maximum Gasteiger partial charge on any atom is 0.325 e. The van der Waals surface area contributed by atoms with Crippen molar-refractivity contribution in [2.45, 2.75) is 18.9 Å². The molecule has 0 saturated carbocycles. The summed E-state index contributed by atoms with van der Waals surface area (Å²) in [5.74, 6) is -4.46. The van der Waals surface area contributed by atoms with Crippen molar-refractivity contribution >= 4 is 5.97 Å². The van der Waals surface area contributed by atoms with Gasteiger partial charge in [-0.2, -0.15) is 0 Å². The highest BCUT2D eigenvalue weighted by Crippen LogP contribution is 2.40. The van der Waals surface area contributed by atoms with E-state index < -0.39 is 23.5 Å². The molecule has 0 aliphatic rings. The van der Waals surface area contributed by atoms with E-state index in [1.165, 1.54) is 14.2 Å². The molecule has 3 N–H and O–H groups in total. The average Bonchev–Trinajstić information content (AvgIpc) is 2.34. The number of methoxy groups -OCH3 is 2. The Labute approximate surface area is 108 Å². The fourth-order valence-corrected chi connectivity index (χ4v) is 1.61. The molecule has 1 atom stereocenters. The molecule has 106 valence electrons. The van der Waals surface area contributed by atoms with E-state index in [-0.39, 0.29) is 17.1 Å². The minimum absolute atomic E-state index is 0.00762. The second-order valence-corrected chi connectivity index (χ2v) is 4.01. The Balaban J connectivity index is 3.53. The van der Waals surface area contributed by atoms with Crippen LogP contribution >= 0.6 is 0 Å². The van der Waals surface area contributed by atoms with Crippen molar-refractivity contribution in [1.82, 2.24) is 0 Å². The van der Waals surface area contributed by atoms with Gasteiger partial charge in [0, 0.05) is 18.1 Å². The number of hydrogen-bond donors (Lipinski definition) is 2. The van der Waals surface area contributed by atoms with Gasteiger partial charge in [0.25, 0.3) is 5.92 Å². The zero-order chi connectivity index (χ0) is 14.8. The van der Waals surface area contributed by atoms with Crippen molar-refractivity contribution < 1.29 is 28.2 Å². The highest BCUT2D eigenvalue weighted by Gasteiger charge is 2.30. The molecule has 1 aromatic rings. The summed E-state index contributed by atoms with van der Waals surface area (Å²) < 4.78 is 36.7. The molecule has 1 rings (SSSR count). The first kappa shape index (κ1) is 15.2. The third-order valence-electron chi connectivity index (χ3n) is 2.62. The van der Waals surface area contributed by atoms with Gasteiger partial charge in [-0.25, -0.2) is 8.78 Å². The minimum atomic E-state index is -3.15. The molecular formula is C12H15F2NO4. The number of nitrogens with two attached hydrogens (primary N) is 1. The van der Waals surface area contributed by atoms with E-state index in [4.69, 9.17) is 20.3 Å².